The highest BCUT2D eigenvalue weighted by molar-refractivity contribution is 6.29. The minimum Gasteiger partial charge on any atom is -0.326 e. The first kappa shape index (κ1) is 7.13. The van der Waals surface area contributed by atoms with Crippen molar-refractivity contribution in [3.8, 4) is 0 Å². The first-order valence-electron chi connectivity index (χ1n) is 3.61. The van der Waals surface area contributed by atoms with Crippen molar-refractivity contribution < 1.29 is 4.79 Å². The maximum absolute atomic E-state index is 10.9. The van der Waals surface area contributed by atoms with Gasteiger partial charge in [-0.15, -0.1) is 0 Å². The molecule has 1 amide bonds. The Morgan fingerprint density at radius 2 is 2.36 bits per heavy atom. The second-order valence-electron chi connectivity index (χ2n) is 3.02. The molecule has 0 aromatic heterocycles. The van der Waals surface area contributed by atoms with Crippen LogP contribution < -0.4 is 5.73 Å². The van der Waals surface area contributed by atoms with Gasteiger partial charge in [0.2, 0.25) is 5.91 Å². The predicted molar refractivity (Wildman–Crippen MR) is 41.8 cm³/mol. The van der Waals surface area contributed by atoms with Gasteiger partial charge in [-0.05, 0) is 0 Å². The first-order valence-corrected chi connectivity index (χ1v) is 3.99. The van der Waals surface area contributed by atoms with Gasteiger partial charge in [0.1, 0.15) is 0 Å². The van der Waals surface area contributed by atoms with E-state index in [9.17, 15) is 4.79 Å². The molecule has 2 atom stereocenters. The summed E-state index contributed by atoms with van der Waals surface area (Å²) in [4.78, 5) is 12.6. The van der Waals surface area contributed by atoms with Crippen molar-refractivity contribution in [1.82, 2.24) is 4.90 Å². The number of carbonyl (C=O) groups excluding carboxylic acids is 1. The molecule has 1 unspecified atom stereocenters. The molecule has 2 aliphatic heterocycles. The highest BCUT2D eigenvalue weighted by Gasteiger charge is 2.41. The molecular weight excluding hydrogens is 164 g/mol. The van der Waals surface area contributed by atoms with E-state index in [0.717, 1.165) is 0 Å². The van der Waals surface area contributed by atoms with E-state index in [1.165, 1.54) is 0 Å². The summed E-state index contributed by atoms with van der Waals surface area (Å²) in [5, 5.41) is 0.682. The lowest BCUT2D eigenvalue weighted by atomic mass is 9.90. The average Bonchev–Trinajstić information content (AvgIpc) is 1.93. The van der Waals surface area contributed by atoms with E-state index in [0.29, 0.717) is 17.9 Å². The minimum atomic E-state index is 0.0326. The molecule has 0 aromatic carbocycles. The van der Waals surface area contributed by atoms with Gasteiger partial charge in [0.15, 0.2) is 0 Å². The molecule has 1 fully saturated rings. The molecular formula is C7H9ClN2O. The number of halogens is 1. The second kappa shape index (κ2) is 2.22. The Kier molecular flexibility index (Phi) is 1.44. The van der Waals surface area contributed by atoms with Gasteiger partial charge >= 0.3 is 0 Å². The van der Waals surface area contributed by atoms with Crippen LogP contribution in [0.3, 0.4) is 0 Å². The Bertz CT molecular complexity index is 239. The summed E-state index contributed by atoms with van der Waals surface area (Å²) in [7, 11) is 0. The quantitative estimate of drug-likeness (QED) is 0.538. The summed E-state index contributed by atoms with van der Waals surface area (Å²) in [6.07, 6.45) is 2.99. The third-order valence-electron chi connectivity index (χ3n) is 2.23. The highest BCUT2D eigenvalue weighted by atomic mass is 35.5. The molecule has 60 valence electrons. The van der Waals surface area contributed by atoms with Gasteiger partial charge in [-0.1, -0.05) is 11.6 Å². The molecule has 0 radical (unpaired) electrons. The highest BCUT2D eigenvalue weighted by Crippen LogP contribution is 2.31. The van der Waals surface area contributed by atoms with Crippen molar-refractivity contribution in [2.24, 2.45) is 5.73 Å². The Hall–Kier alpha value is -0.540. The molecule has 2 N–H and O–H groups in total. The summed E-state index contributed by atoms with van der Waals surface area (Å²) >= 11 is 5.76. The molecule has 3 nitrogen and oxygen atoms in total. The van der Waals surface area contributed by atoms with Crippen LogP contribution in [-0.2, 0) is 4.79 Å². The number of rotatable bonds is 0. The molecule has 0 bridgehead atoms. The van der Waals surface area contributed by atoms with E-state index in [2.05, 4.69) is 0 Å². The van der Waals surface area contributed by atoms with E-state index in [1.807, 2.05) is 0 Å². The van der Waals surface area contributed by atoms with E-state index in [-0.39, 0.29) is 18.0 Å². The number of hydrogen-bond acceptors (Lipinski definition) is 2. The SMILES string of the molecule is NC1CC(Cl)=CN2C(=O)C[C@@H]12. The molecule has 11 heavy (non-hydrogen) atoms. The smallest absolute Gasteiger partial charge is 0.229 e. The van der Waals surface area contributed by atoms with Crippen molar-refractivity contribution in [3.63, 3.8) is 0 Å². The van der Waals surface area contributed by atoms with Crippen LogP contribution in [0.2, 0.25) is 0 Å². The molecule has 0 aromatic rings. The maximum Gasteiger partial charge on any atom is 0.229 e. The van der Waals surface area contributed by atoms with E-state index < -0.39 is 0 Å². The van der Waals surface area contributed by atoms with Crippen molar-refractivity contribution in [2.45, 2.75) is 24.9 Å². The summed E-state index contributed by atoms with van der Waals surface area (Å²) < 4.78 is 0. The maximum atomic E-state index is 10.9. The molecule has 4 heteroatoms. The zero-order valence-electron chi connectivity index (χ0n) is 5.96. The Labute approximate surface area is 69.8 Å². The lowest BCUT2D eigenvalue weighted by Gasteiger charge is -2.44. The van der Waals surface area contributed by atoms with Crippen LogP contribution in [0, 0.1) is 0 Å². The van der Waals surface area contributed by atoms with Gasteiger partial charge in [-0.25, -0.2) is 0 Å². The van der Waals surface area contributed by atoms with E-state index >= 15 is 0 Å². The molecule has 2 aliphatic rings. The number of nitrogens with two attached hydrogens (primary N) is 1. The predicted octanol–water partition coefficient (Wildman–Crippen LogP) is 0.398. The third kappa shape index (κ3) is 0.957. The van der Waals surface area contributed by atoms with Crippen LogP contribution in [-0.4, -0.2) is 22.9 Å². The van der Waals surface area contributed by atoms with Gasteiger partial charge in [-0.3, -0.25) is 4.79 Å². The molecule has 2 heterocycles. The fourth-order valence-corrected chi connectivity index (χ4v) is 1.83. The van der Waals surface area contributed by atoms with Crippen LogP contribution in [0.5, 0.6) is 0 Å². The topological polar surface area (TPSA) is 46.3 Å². The van der Waals surface area contributed by atoms with E-state index in [4.69, 9.17) is 17.3 Å². The van der Waals surface area contributed by atoms with Crippen LogP contribution in [0.25, 0.3) is 0 Å². The fourth-order valence-electron chi connectivity index (χ4n) is 1.55. The van der Waals surface area contributed by atoms with Crippen LogP contribution in [0.4, 0.5) is 0 Å². The number of β-lactam (4-membered cyclic amide) rings is 1. The van der Waals surface area contributed by atoms with Crippen LogP contribution in [0.15, 0.2) is 11.2 Å². The monoisotopic (exact) mass is 172 g/mol. The Balaban J connectivity index is 2.22. The fraction of sp³-hybridized carbons (Fsp3) is 0.571. The lowest BCUT2D eigenvalue weighted by Crippen LogP contribution is -2.59. The minimum absolute atomic E-state index is 0.0326. The van der Waals surface area contributed by atoms with Gasteiger partial charge in [-0.2, -0.15) is 0 Å². The van der Waals surface area contributed by atoms with Crippen LogP contribution >= 0.6 is 11.6 Å². The summed E-state index contributed by atoms with van der Waals surface area (Å²) in [6, 6.07) is 0.246. The Morgan fingerprint density at radius 3 is 3.00 bits per heavy atom. The van der Waals surface area contributed by atoms with Crippen molar-refractivity contribution >= 4 is 17.5 Å². The number of nitrogens with zero attached hydrogens (tertiary/aromatic N) is 1. The molecule has 0 aliphatic carbocycles. The molecule has 2 rings (SSSR count). The first-order chi connectivity index (χ1) is 5.18. The summed E-state index contributed by atoms with van der Waals surface area (Å²) in [5.74, 6) is 0.128. The normalized spacial score (nSPS) is 36.0. The lowest BCUT2D eigenvalue weighted by molar-refractivity contribution is -0.142. The zero-order valence-corrected chi connectivity index (χ0v) is 6.71. The zero-order chi connectivity index (χ0) is 8.01. The average molecular weight is 173 g/mol. The van der Waals surface area contributed by atoms with Crippen LogP contribution in [0.1, 0.15) is 12.8 Å². The van der Waals surface area contributed by atoms with Crippen molar-refractivity contribution in [1.29, 1.82) is 0 Å². The number of carbonyl (C=O) groups is 1. The van der Waals surface area contributed by atoms with Gasteiger partial charge in [0.25, 0.3) is 0 Å². The van der Waals surface area contributed by atoms with Gasteiger partial charge in [0, 0.05) is 30.1 Å². The van der Waals surface area contributed by atoms with Gasteiger partial charge < -0.3 is 10.6 Å². The standard InChI is InChI=1S/C7H9ClN2O/c8-4-1-5(9)6-2-7(11)10(6)3-4/h3,5-6H,1-2,9H2/t5?,6-/m0/s1. The number of hydrogen-bond donors (Lipinski definition) is 1. The molecule has 0 saturated carbocycles. The van der Waals surface area contributed by atoms with Crippen molar-refractivity contribution in [2.75, 3.05) is 0 Å². The van der Waals surface area contributed by atoms with Crippen molar-refractivity contribution in [3.05, 3.63) is 11.2 Å². The molecule has 1 saturated heterocycles. The summed E-state index contributed by atoms with van der Waals surface area (Å²) in [5.41, 5.74) is 5.75. The third-order valence-corrected chi connectivity index (χ3v) is 2.49. The summed E-state index contributed by atoms with van der Waals surface area (Å²) in [6.45, 7) is 0. The second-order valence-corrected chi connectivity index (χ2v) is 3.50. The number of fused-ring (bicyclic) bond motifs is 1. The number of amides is 1. The molecule has 0 spiro atoms. The van der Waals surface area contributed by atoms with E-state index in [1.54, 1.807) is 11.1 Å². The Morgan fingerprint density at radius 1 is 1.64 bits per heavy atom. The largest absolute Gasteiger partial charge is 0.326 e. The van der Waals surface area contributed by atoms with Gasteiger partial charge in [0.05, 0.1) is 6.04 Å².